The van der Waals surface area contributed by atoms with Crippen LogP contribution in [0.3, 0.4) is 0 Å². The summed E-state index contributed by atoms with van der Waals surface area (Å²) >= 11 is 0. The zero-order valence-corrected chi connectivity index (χ0v) is 17.3. The largest absolute Gasteiger partial charge is 0.480 e. The molecule has 1 saturated heterocycles. The maximum Gasteiger partial charge on any atom is 0.469 e. The molecule has 0 amide bonds. The number of hydrogen-bond acceptors (Lipinski definition) is 10. The molecule has 182 valence electrons. The molecule has 2 heterocycles. The predicted octanol–water partition coefficient (Wildman–Crippen LogP) is -3.54. The van der Waals surface area contributed by atoms with Crippen molar-refractivity contribution in [3.63, 3.8) is 0 Å². The first kappa shape index (κ1) is 29.5. The monoisotopic (exact) mass is 486 g/mol. The Morgan fingerprint density at radius 3 is 1.97 bits per heavy atom. The second-order valence-corrected chi connectivity index (χ2v) is 7.11. The first-order valence-electron chi connectivity index (χ1n) is 8.53. The van der Waals surface area contributed by atoms with E-state index in [9.17, 15) is 29.2 Å². The highest BCUT2D eigenvalue weighted by molar-refractivity contribution is 7.46. The molecule has 0 aromatic carbocycles. The van der Waals surface area contributed by atoms with Crippen LogP contribution in [-0.2, 0) is 23.4 Å². The fourth-order valence-corrected chi connectivity index (χ4v) is 2.40. The van der Waals surface area contributed by atoms with Gasteiger partial charge >= 0.3 is 25.7 Å². The van der Waals surface area contributed by atoms with E-state index in [1.54, 1.807) is 0 Å². The minimum atomic E-state index is -4.73. The van der Waals surface area contributed by atoms with Crippen molar-refractivity contribution in [2.24, 2.45) is 11.5 Å². The number of rotatable bonds is 7. The van der Waals surface area contributed by atoms with Crippen LogP contribution in [0.15, 0.2) is 24.5 Å². The molecule has 1 aromatic heterocycles. The van der Waals surface area contributed by atoms with Gasteiger partial charge in [-0.25, -0.2) is 9.36 Å². The molecule has 1 aliphatic rings. The van der Waals surface area contributed by atoms with Crippen LogP contribution in [0.4, 0.5) is 0 Å². The number of aliphatic hydroxyl groups excluding tert-OH is 2. The van der Waals surface area contributed by atoms with E-state index in [0.717, 1.165) is 0 Å². The molecule has 1 aromatic rings. The molecular formula is C15H25N3O13P+. The molecule has 0 unspecified atom stereocenters. The van der Waals surface area contributed by atoms with Gasteiger partial charge in [0.1, 0.15) is 17.8 Å². The van der Waals surface area contributed by atoms with Gasteiger partial charge in [-0.3, -0.25) is 14.1 Å². The van der Waals surface area contributed by atoms with E-state index in [2.05, 4.69) is 16.0 Å². The third-order valence-corrected chi connectivity index (χ3v) is 3.94. The molecule has 1 aliphatic heterocycles. The van der Waals surface area contributed by atoms with Gasteiger partial charge in [-0.05, 0) is 6.07 Å². The minimum absolute atomic E-state index is 0.0530. The summed E-state index contributed by atoms with van der Waals surface area (Å²) in [7, 11) is -4.73. The highest BCUT2D eigenvalue weighted by Crippen LogP contribution is 2.37. The molecule has 1 fully saturated rings. The van der Waals surface area contributed by atoms with Gasteiger partial charge in [-0.15, -0.1) is 0 Å². The number of ether oxygens (including phenoxy) is 1. The molecule has 0 spiro atoms. The summed E-state index contributed by atoms with van der Waals surface area (Å²) in [6, 6.07) is 2.76. The van der Waals surface area contributed by atoms with Crippen LogP contribution in [0, 0.1) is 0 Å². The standard InChI is InChI=1S/C11H14NO9P.2C2H5NO2/c13-8-7(5-20-22(17,18)19)21-10(9(8)14)12-3-1-2-6(4-12)11(15)16;2*3-1-2(4)5/h1-4,7-10,13-14H,5H2,(H2-,15,16,17,18,19);2*1,3H2,(H,4,5)/p+1/t7-,8-,9-,10-;;/m1../s1. The van der Waals surface area contributed by atoms with Gasteiger partial charge in [0.05, 0.1) is 19.7 Å². The number of aromatic nitrogens is 1. The third-order valence-electron chi connectivity index (χ3n) is 3.46. The molecule has 11 N–H and O–H groups in total. The SMILES string of the molecule is NCC(=O)O.NCC(=O)O.O=C(O)c1ccc[n+]([C@@H]2O[C@H](COP(=O)(O)O)[C@@H](O)[C@H]2O)c1. The minimum Gasteiger partial charge on any atom is -0.480 e. The van der Waals surface area contributed by atoms with Gasteiger partial charge in [0.25, 0.3) is 6.23 Å². The van der Waals surface area contributed by atoms with E-state index < -0.39 is 56.9 Å². The summed E-state index contributed by atoms with van der Waals surface area (Å²) in [6.45, 7) is -1.18. The van der Waals surface area contributed by atoms with Gasteiger partial charge in [0.15, 0.2) is 18.5 Å². The summed E-state index contributed by atoms with van der Waals surface area (Å²) in [5.74, 6) is -3.11. The van der Waals surface area contributed by atoms with Crippen molar-refractivity contribution in [2.45, 2.75) is 24.5 Å². The average Bonchev–Trinajstić information content (AvgIpc) is 3.01. The highest BCUT2D eigenvalue weighted by atomic mass is 31.2. The van der Waals surface area contributed by atoms with Crippen molar-refractivity contribution in [3.05, 3.63) is 30.1 Å². The van der Waals surface area contributed by atoms with Crippen molar-refractivity contribution in [3.8, 4) is 0 Å². The lowest BCUT2D eigenvalue weighted by molar-refractivity contribution is -0.765. The fourth-order valence-electron chi connectivity index (χ4n) is 2.06. The van der Waals surface area contributed by atoms with E-state index in [1.165, 1.54) is 29.1 Å². The molecule has 16 nitrogen and oxygen atoms in total. The van der Waals surface area contributed by atoms with Crippen molar-refractivity contribution in [1.82, 2.24) is 0 Å². The molecular weight excluding hydrogens is 461 g/mol. The number of aromatic carboxylic acids is 1. The Morgan fingerprint density at radius 2 is 1.56 bits per heavy atom. The van der Waals surface area contributed by atoms with E-state index >= 15 is 0 Å². The van der Waals surface area contributed by atoms with Crippen LogP contribution in [0.1, 0.15) is 16.6 Å². The number of nitrogens with zero attached hydrogens (tertiary/aromatic N) is 1. The molecule has 32 heavy (non-hydrogen) atoms. The molecule has 17 heteroatoms. The van der Waals surface area contributed by atoms with E-state index in [4.69, 9.17) is 29.8 Å². The zero-order valence-electron chi connectivity index (χ0n) is 16.4. The summed E-state index contributed by atoms with van der Waals surface area (Å²) in [5.41, 5.74) is 9.09. The van der Waals surface area contributed by atoms with Gasteiger partial charge in [0, 0.05) is 6.07 Å². The Bertz CT molecular complexity index is 804. The number of pyridine rings is 1. The topological polar surface area (TPSA) is 284 Å². The van der Waals surface area contributed by atoms with Crippen molar-refractivity contribution >= 4 is 25.7 Å². The van der Waals surface area contributed by atoms with Crippen LogP contribution in [-0.4, -0.2) is 91.2 Å². The molecule has 0 aliphatic carbocycles. The lowest BCUT2D eigenvalue weighted by Crippen LogP contribution is -2.46. The van der Waals surface area contributed by atoms with Crippen molar-refractivity contribution in [2.75, 3.05) is 19.7 Å². The summed E-state index contributed by atoms with van der Waals surface area (Å²) in [4.78, 5) is 46.7. The van der Waals surface area contributed by atoms with Gasteiger partial charge < -0.3 is 51.5 Å². The first-order valence-corrected chi connectivity index (χ1v) is 10.1. The number of carboxylic acid groups (broad SMARTS) is 3. The Kier molecular flexibility index (Phi) is 12.7. The number of aliphatic hydroxyl groups is 2. The zero-order chi connectivity index (χ0) is 25.1. The summed E-state index contributed by atoms with van der Waals surface area (Å²) in [6.07, 6.45) is -2.51. The average molecular weight is 486 g/mol. The third kappa shape index (κ3) is 11.2. The maximum atomic E-state index is 10.9. The Hall–Kier alpha value is -2.53. The quantitative estimate of drug-likeness (QED) is 0.133. The van der Waals surface area contributed by atoms with Gasteiger partial charge in [-0.2, -0.15) is 4.57 Å². The Balaban J connectivity index is 0.000000805. The molecule has 4 atom stereocenters. The van der Waals surface area contributed by atoms with E-state index in [0.29, 0.717) is 0 Å². The number of phosphoric ester groups is 1. The van der Waals surface area contributed by atoms with Crippen LogP contribution in [0.2, 0.25) is 0 Å². The predicted molar refractivity (Wildman–Crippen MR) is 101 cm³/mol. The van der Waals surface area contributed by atoms with Crippen LogP contribution in [0.25, 0.3) is 0 Å². The summed E-state index contributed by atoms with van der Waals surface area (Å²) < 4.78 is 21.4. The van der Waals surface area contributed by atoms with Crippen molar-refractivity contribution < 1.29 is 68.1 Å². The maximum absolute atomic E-state index is 10.9. The molecule has 0 bridgehead atoms. The van der Waals surface area contributed by atoms with Gasteiger partial charge in [-0.1, -0.05) is 0 Å². The summed E-state index contributed by atoms with van der Waals surface area (Å²) in [5, 5.41) is 43.9. The highest BCUT2D eigenvalue weighted by Gasteiger charge is 2.48. The van der Waals surface area contributed by atoms with Crippen LogP contribution < -0.4 is 16.0 Å². The number of aliphatic carboxylic acids is 2. The van der Waals surface area contributed by atoms with E-state index in [-0.39, 0.29) is 18.7 Å². The molecule has 0 radical (unpaired) electrons. The van der Waals surface area contributed by atoms with Crippen LogP contribution >= 0.6 is 7.82 Å². The number of hydrogen-bond donors (Lipinski definition) is 9. The number of nitrogens with two attached hydrogens (primary N) is 2. The smallest absolute Gasteiger partial charge is 0.469 e. The van der Waals surface area contributed by atoms with E-state index in [1.807, 2.05) is 0 Å². The lowest BCUT2D eigenvalue weighted by atomic mass is 10.1. The Labute approximate surface area is 180 Å². The normalized spacial score (nSPS) is 22.1. The second-order valence-electron chi connectivity index (χ2n) is 5.87. The van der Waals surface area contributed by atoms with Crippen molar-refractivity contribution in [1.29, 1.82) is 0 Å². The van der Waals surface area contributed by atoms with Crippen LogP contribution in [0.5, 0.6) is 0 Å². The lowest BCUT2D eigenvalue weighted by Gasteiger charge is -2.13. The number of phosphoric acid groups is 1. The second kappa shape index (κ2) is 13.8. The fraction of sp³-hybridized carbons (Fsp3) is 0.467. The molecule has 2 rings (SSSR count). The molecule has 0 saturated carbocycles. The first-order chi connectivity index (χ1) is 14.7. The number of carbonyl (C=O) groups is 3. The number of carboxylic acids is 3. The van der Waals surface area contributed by atoms with Gasteiger partial charge in [0.2, 0.25) is 0 Å². The Morgan fingerprint density at radius 1 is 1.06 bits per heavy atom.